The molecule has 2 aromatic carbocycles. The van der Waals surface area contributed by atoms with Gasteiger partial charge in [-0.2, -0.15) is 4.39 Å². The van der Waals surface area contributed by atoms with Crippen LogP contribution in [0.3, 0.4) is 0 Å². The number of ether oxygens (including phenoxy) is 2. The first kappa shape index (κ1) is 34.2. The summed E-state index contributed by atoms with van der Waals surface area (Å²) in [5, 5.41) is 11.5. The lowest BCUT2D eigenvalue weighted by atomic mass is 9.82. The fraction of sp³-hybridized carbons (Fsp3) is 0.452. The number of carboxylic acid groups (broad SMARTS) is 1. The second-order valence-corrected chi connectivity index (χ2v) is 11.5. The summed E-state index contributed by atoms with van der Waals surface area (Å²) in [5.41, 5.74) is 1.05. The number of benzene rings is 2. The number of nitrogens with one attached hydrogen (secondary N) is 1. The summed E-state index contributed by atoms with van der Waals surface area (Å²) < 4.78 is 52.4. The second kappa shape index (κ2) is 14.5. The minimum absolute atomic E-state index is 0.0288. The molecule has 44 heavy (non-hydrogen) atoms. The largest absolute Gasteiger partial charge is 0.481 e. The van der Waals surface area contributed by atoms with Crippen LogP contribution >= 0.6 is 0 Å². The van der Waals surface area contributed by atoms with E-state index in [1.807, 2.05) is 32.9 Å². The number of halogens is 3. The molecule has 238 valence electrons. The standard InChI is InChI=1S/C31H35F3N2O8/c1-17-12-20(32)27(34)28(26(17)33)44-16-23(38)21(14-25(39)40)35-29(41)24-15-36(10-7-11-43-24)30(42)22(37)13-18-8-5-6-9-19(18)31(2,3)4/h5-6,8-9,12,21,24H,7,10-11,13-16H2,1-4H3,(H,35,41)(H,39,40)/t21-,24-/m0/s1. The van der Waals surface area contributed by atoms with E-state index < -0.39 is 77.7 Å². The number of carboxylic acids is 1. The van der Waals surface area contributed by atoms with Crippen LogP contribution in [0.4, 0.5) is 13.2 Å². The van der Waals surface area contributed by atoms with E-state index in [4.69, 9.17) is 9.47 Å². The Bertz CT molecular complexity index is 1410. The van der Waals surface area contributed by atoms with E-state index >= 15 is 0 Å². The van der Waals surface area contributed by atoms with Gasteiger partial charge in [-0.1, -0.05) is 45.0 Å². The van der Waals surface area contributed by atoms with Gasteiger partial charge in [0.1, 0.15) is 12.6 Å². The Kier molecular flexibility index (Phi) is 11.3. The van der Waals surface area contributed by atoms with Crippen LogP contribution in [0.1, 0.15) is 50.3 Å². The molecule has 1 fully saturated rings. The monoisotopic (exact) mass is 620 g/mol. The first-order valence-electron chi connectivity index (χ1n) is 13.9. The minimum Gasteiger partial charge on any atom is -0.481 e. The summed E-state index contributed by atoms with van der Waals surface area (Å²) in [7, 11) is 0. The number of aliphatic carboxylic acids is 1. The van der Waals surface area contributed by atoms with E-state index in [1.54, 1.807) is 12.1 Å². The van der Waals surface area contributed by atoms with Crippen molar-refractivity contribution >= 4 is 29.4 Å². The normalized spacial score (nSPS) is 16.1. The van der Waals surface area contributed by atoms with E-state index in [0.29, 0.717) is 18.1 Å². The Balaban J connectivity index is 1.69. The lowest BCUT2D eigenvalue weighted by Gasteiger charge is -2.25. The smallest absolute Gasteiger partial charge is 0.305 e. The molecule has 0 aromatic heterocycles. The number of carbonyl (C=O) groups excluding carboxylic acids is 4. The van der Waals surface area contributed by atoms with Gasteiger partial charge in [-0.3, -0.25) is 24.0 Å². The maximum absolute atomic E-state index is 14.3. The zero-order chi connectivity index (χ0) is 32.8. The second-order valence-electron chi connectivity index (χ2n) is 11.5. The maximum atomic E-state index is 14.3. The van der Waals surface area contributed by atoms with Crippen molar-refractivity contribution in [3.8, 4) is 5.75 Å². The number of hydrogen-bond acceptors (Lipinski definition) is 7. The van der Waals surface area contributed by atoms with Gasteiger partial charge in [0.2, 0.25) is 11.6 Å². The molecular weight excluding hydrogens is 585 g/mol. The molecule has 0 radical (unpaired) electrons. The first-order chi connectivity index (χ1) is 20.6. The van der Waals surface area contributed by atoms with Gasteiger partial charge in [0.15, 0.2) is 29.3 Å². The zero-order valence-electron chi connectivity index (χ0n) is 24.9. The fourth-order valence-electron chi connectivity index (χ4n) is 4.76. The van der Waals surface area contributed by atoms with Crippen molar-refractivity contribution in [2.75, 3.05) is 26.3 Å². The van der Waals surface area contributed by atoms with Crippen molar-refractivity contribution in [1.82, 2.24) is 10.2 Å². The molecule has 1 saturated heterocycles. The van der Waals surface area contributed by atoms with Gasteiger partial charge in [-0.05, 0) is 41.5 Å². The minimum atomic E-state index is -1.72. The van der Waals surface area contributed by atoms with Crippen molar-refractivity contribution in [2.45, 2.75) is 64.5 Å². The molecule has 0 saturated carbocycles. The fourth-order valence-corrected chi connectivity index (χ4v) is 4.76. The van der Waals surface area contributed by atoms with Gasteiger partial charge in [0, 0.05) is 19.6 Å². The molecule has 1 heterocycles. The quantitative estimate of drug-likeness (QED) is 0.289. The predicted molar refractivity (Wildman–Crippen MR) is 151 cm³/mol. The van der Waals surface area contributed by atoms with Gasteiger partial charge in [0.05, 0.1) is 13.0 Å². The summed E-state index contributed by atoms with van der Waals surface area (Å²) in [4.78, 5) is 64.6. The molecule has 2 aromatic rings. The van der Waals surface area contributed by atoms with Crippen LogP contribution in [-0.4, -0.2) is 77.8 Å². The Hall–Kier alpha value is -4.26. The lowest BCUT2D eigenvalue weighted by Crippen LogP contribution is -2.52. The van der Waals surface area contributed by atoms with Crippen LogP contribution in [0.15, 0.2) is 30.3 Å². The van der Waals surface area contributed by atoms with Crippen LogP contribution in [0.25, 0.3) is 0 Å². The van der Waals surface area contributed by atoms with Crippen LogP contribution in [0.2, 0.25) is 0 Å². The number of rotatable bonds is 11. The van der Waals surface area contributed by atoms with Gasteiger partial charge in [0.25, 0.3) is 11.8 Å². The highest BCUT2D eigenvalue weighted by Gasteiger charge is 2.34. The highest BCUT2D eigenvalue weighted by molar-refractivity contribution is 6.36. The van der Waals surface area contributed by atoms with Crippen LogP contribution in [-0.2, 0) is 40.5 Å². The zero-order valence-corrected chi connectivity index (χ0v) is 24.9. The molecule has 0 bridgehead atoms. The van der Waals surface area contributed by atoms with Gasteiger partial charge in [-0.15, -0.1) is 0 Å². The number of amides is 2. The highest BCUT2D eigenvalue weighted by Crippen LogP contribution is 2.28. The predicted octanol–water partition coefficient (Wildman–Crippen LogP) is 3.05. The summed E-state index contributed by atoms with van der Waals surface area (Å²) in [6, 6.07) is 6.17. The number of carbonyl (C=O) groups is 5. The van der Waals surface area contributed by atoms with E-state index in [9.17, 15) is 42.3 Å². The molecule has 0 unspecified atom stereocenters. The van der Waals surface area contributed by atoms with Crippen molar-refractivity contribution in [2.24, 2.45) is 0 Å². The Morgan fingerprint density at radius 2 is 1.80 bits per heavy atom. The number of aryl methyl sites for hydroxylation is 1. The van der Waals surface area contributed by atoms with E-state index in [-0.39, 0.29) is 37.1 Å². The van der Waals surface area contributed by atoms with E-state index in [0.717, 1.165) is 12.5 Å². The summed E-state index contributed by atoms with van der Waals surface area (Å²) in [5.74, 6) is -10.5. The molecule has 2 atom stereocenters. The van der Waals surface area contributed by atoms with Crippen molar-refractivity contribution in [3.63, 3.8) is 0 Å². The third kappa shape index (κ3) is 8.65. The summed E-state index contributed by atoms with van der Waals surface area (Å²) >= 11 is 0. The number of nitrogens with zero attached hydrogens (tertiary/aromatic N) is 1. The number of hydrogen-bond donors (Lipinski definition) is 2. The first-order valence-corrected chi connectivity index (χ1v) is 13.9. The van der Waals surface area contributed by atoms with Gasteiger partial charge < -0.3 is 24.8 Å². The van der Waals surface area contributed by atoms with Crippen LogP contribution in [0.5, 0.6) is 5.75 Å². The molecule has 2 N–H and O–H groups in total. The average molecular weight is 621 g/mol. The third-order valence-electron chi connectivity index (χ3n) is 7.01. The number of ketones is 2. The number of Topliss-reactive ketones (excluding diaryl/α,β-unsaturated/α-hetero) is 2. The molecule has 0 aliphatic carbocycles. The molecule has 1 aliphatic heterocycles. The molecule has 10 nitrogen and oxygen atoms in total. The van der Waals surface area contributed by atoms with E-state index in [1.165, 1.54) is 4.90 Å². The molecular formula is C31H35F3N2O8. The lowest BCUT2D eigenvalue weighted by molar-refractivity contribution is -0.146. The molecule has 2 amide bonds. The Morgan fingerprint density at radius 1 is 1.11 bits per heavy atom. The Morgan fingerprint density at radius 3 is 2.45 bits per heavy atom. The Labute approximate surface area is 252 Å². The molecule has 13 heteroatoms. The third-order valence-corrected chi connectivity index (χ3v) is 7.01. The van der Waals surface area contributed by atoms with Gasteiger partial charge in [-0.25, -0.2) is 8.78 Å². The van der Waals surface area contributed by atoms with Gasteiger partial charge >= 0.3 is 5.97 Å². The SMILES string of the molecule is Cc1cc(F)c(F)c(OCC(=O)[C@H](CC(=O)O)NC(=O)[C@@H]2CN(C(=O)C(=O)Cc3ccccc3C(C)(C)C)CCCO2)c1F. The molecule has 0 spiro atoms. The topological polar surface area (TPSA) is 139 Å². The van der Waals surface area contributed by atoms with E-state index in [2.05, 4.69) is 5.32 Å². The van der Waals surface area contributed by atoms with Crippen LogP contribution in [0, 0.1) is 24.4 Å². The maximum Gasteiger partial charge on any atom is 0.305 e. The van der Waals surface area contributed by atoms with Crippen molar-refractivity contribution in [3.05, 3.63) is 64.5 Å². The highest BCUT2D eigenvalue weighted by atomic mass is 19.2. The molecule has 3 rings (SSSR count). The summed E-state index contributed by atoms with van der Waals surface area (Å²) in [6.45, 7) is 5.82. The van der Waals surface area contributed by atoms with Crippen LogP contribution < -0.4 is 10.1 Å². The van der Waals surface area contributed by atoms with Crippen molar-refractivity contribution < 1.29 is 51.7 Å². The summed E-state index contributed by atoms with van der Waals surface area (Å²) in [6.07, 6.45) is -2.12. The van der Waals surface area contributed by atoms with Crippen molar-refractivity contribution in [1.29, 1.82) is 0 Å². The average Bonchev–Trinajstić information content (AvgIpc) is 3.21. The molecule has 1 aliphatic rings.